The maximum absolute atomic E-state index is 12.8. The van der Waals surface area contributed by atoms with Gasteiger partial charge in [-0.2, -0.15) is 13.2 Å². The van der Waals surface area contributed by atoms with E-state index < -0.39 is 24.3 Å². The number of anilines is 1. The summed E-state index contributed by atoms with van der Waals surface area (Å²) in [6.45, 7) is -0.244. The predicted octanol–water partition coefficient (Wildman–Crippen LogP) is 6.37. The Morgan fingerprint density at radius 2 is 2.00 bits per heavy atom. The lowest BCUT2D eigenvalue weighted by atomic mass is 10.2. The Labute approximate surface area is 218 Å². The zero-order valence-electron chi connectivity index (χ0n) is 18.2. The largest absolute Gasteiger partial charge is 0.482 e. The van der Waals surface area contributed by atoms with E-state index in [4.69, 9.17) is 33.0 Å². The molecule has 1 aromatic heterocycles. The highest BCUT2D eigenvalue weighted by molar-refractivity contribution is 8.26. The number of hydrogen-bond donors (Lipinski definition) is 1. The van der Waals surface area contributed by atoms with Crippen LogP contribution in [0.25, 0.3) is 6.08 Å². The molecule has 1 fully saturated rings. The predicted molar refractivity (Wildman–Crippen MR) is 134 cm³/mol. The minimum Gasteiger partial charge on any atom is -0.482 e. The molecule has 0 atom stereocenters. The number of nitrogens with zero attached hydrogens (tertiary/aromatic N) is 1. The van der Waals surface area contributed by atoms with Crippen molar-refractivity contribution in [2.45, 2.75) is 12.7 Å². The molecular formula is C24H16ClF3N2O4S2. The lowest BCUT2D eigenvalue weighted by Crippen LogP contribution is -2.27. The highest BCUT2D eigenvalue weighted by atomic mass is 35.5. The number of nitrogens with one attached hydrogen (secondary N) is 1. The zero-order chi connectivity index (χ0) is 25.9. The van der Waals surface area contributed by atoms with Gasteiger partial charge in [0, 0.05) is 5.69 Å². The quantitative estimate of drug-likeness (QED) is 0.271. The summed E-state index contributed by atoms with van der Waals surface area (Å²) in [5.74, 6) is -0.119. The Balaban J connectivity index is 1.37. The normalized spacial score (nSPS) is 15.0. The van der Waals surface area contributed by atoms with Crippen LogP contribution in [0.1, 0.15) is 16.9 Å². The molecule has 0 bridgehead atoms. The number of benzene rings is 2. The minimum atomic E-state index is -4.52. The Bertz CT molecular complexity index is 1340. The highest BCUT2D eigenvalue weighted by Crippen LogP contribution is 2.35. The molecule has 3 aromatic rings. The van der Waals surface area contributed by atoms with Crippen LogP contribution in [0.15, 0.2) is 70.2 Å². The van der Waals surface area contributed by atoms with Gasteiger partial charge in [0.1, 0.15) is 15.8 Å². The van der Waals surface area contributed by atoms with E-state index in [1.807, 2.05) is 0 Å². The van der Waals surface area contributed by atoms with Crippen LogP contribution >= 0.6 is 35.6 Å². The van der Waals surface area contributed by atoms with E-state index in [2.05, 4.69) is 5.32 Å². The molecule has 186 valence electrons. The Hall–Kier alpha value is -3.28. The second-order valence-corrected chi connectivity index (χ2v) is 9.54. The van der Waals surface area contributed by atoms with Crippen molar-refractivity contribution in [3.8, 4) is 5.75 Å². The number of hydrogen-bond acceptors (Lipinski definition) is 6. The molecule has 0 unspecified atom stereocenters. The van der Waals surface area contributed by atoms with Crippen LogP contribution in [-0.4, -0.2) is 27.6 Å². The van der Waals surface area contributed by atoms with Gasteiger partial charge in [0.2, 0.25) is 0 Å². The summed E-state index contributed by atoms with van der Waals surface area (Å²) in [7, 11) is 0. The van der Waals surface area contributed by atoms with Crippen LogP contribution in [0, 0.1) is 0 Å². The maximum atomic E-state index is 12.8. The summed E-state index contributed by atoms with van der Waals surface area (Å²) < 4.78 is 49.6. The average Bonchev–Trinajstić information content (AvgIpc) is 3.42. The fraction of sp³-hybridized carbons (Fsp3) is 0.125. The van der Waals surface area contributed by atoms with Crippen molar-refractivity contribution in [3.05, 3.63) is 87.7 Å². The topological polar surface area (TPSA) is 71.8 Å². The van der Waals surface area contributed by atoms with Crippen LogP contribution in [0.4, 0.5) is 18.9 Å². The highest BCUT2D eigenvalue weighted by Gasteiger charge is 2.33. The molecule has 0 spiro atoms. The maximum Gasteiger partial charge on any atom is 0.416 e. The van der Waals surface area contributed by atoms with Crippen molar-refractivity contribution in [2.75, 3.05) is 11.9 Å². The summed E-state index contributed by atoms with van der Waals surface area (Å²) in [5, 5.41) is 2.53. The second-order valence-electron chi connectivity index (χ2n) is 7.45. The smallest absolute Gasteiger partial charge is 0.416 e. The van der Waals surface area contributed by atoms with E-state index in [0.717, 1.165) is 23.9 Å². The summed E-state index contributed by atoms with van der Waals surface area (Å²) in [5.41, 5.74) is -0.277. The number of rotatable bonds is 7. The number of ether oxygens (including phenoxy) is 1. The van der Waals surface area contributed by atoms with Gasteiger partial charge in [0.15, 0.2) is 6.61 Å². The van der Waals surface area contributed by atoms with Crippen LogP contribution in [0.3, 0.4) is 0 Å². The molecule has 1 aliphatic heterocycles. The summed E-state index contributed by atoms with van der Waals surface area (Å²) in [4.78, 5) is 26.7. The van der Waals surface area contributed by atoms with Gasteiger partial charge in [-0.1, -0.05) is 47.7 Å². The number of furan rings is 1. The molecule has 2 aromatic carbocycles. The van der Waals surface area contributed by atoms with Crippen LogP contribution < -0.4 is 10.1 Å². The number of thiocarbonyl (C=S) groups is 1. The number of carbonyl (C=O) groups excluding carboxylic acids is 2. The lowest BCUT2D eigenvalue weighted by Gasteiger charge is -2.12. The molecule has 36 heavy (non-hydrogen) atoms. The van der Waals surface area contributed by atoms with Gasteiger partial charge in [-0.3, -0.25) is 14.5 Å². The molecule has 4 rings (SSSR count). The molecule has 1 aliphatic rings. The molecule has 12 heteroatoms. The third kappa shape index (κ3) is 6.28. The van der Waals surface area contributed by atoms with Crippen LogP contribution in [0.5, 0.6) is 5.75 Å². The van der Waals surface area contributed by atoms with Gasteiger partial charge in [0.05, 0.1) is 28.3 Å². The van der Waals surface area contributed by atoms with Gasteiger partial charge < -0.3 is 14.5 Å². The van der Waals surface area contributed by atoms with Gasteiger partial charge in [-0.25, -0.2) is 0 Å². The van der Waals surface area contributed by atoms with Crippen molar-refractivity contribution in [3.63, 3.8) is 0 Å². The Kier molecular flexibility index (Phi) is 7.72. The van der Waals surface area contributed by atoms with Crippen molar-refractivity contribution < 1.29 is 31.9 Å². The number of alkyl halides is 3. The molecule has 2 amide bonds. The zero-order valence-corrected chi connectivity index (χ0v) is 20.6. The van der Waals surface area contributed by atoms with E-state index in [9.17, 15) is 22.8 Å². The van der Waals surface area contributed by atoms with Gasteiger partial charge in [-0.05, 0) is 54.1 Å². The van der Waals surface area contributed by atoms with E-state index in [-0.39, 0.29) is 28.9 Å². The number of carbonyl (C=O) groups is 2. The second kappa shape index (κ2) is 10.8. The first kappa shape index (κ1) is 25.8. The fourth-order valence-corrected chi connectivity index (χ4v) is 4.68. The number of halogens is 4. The Morgan fingerprint density at radius 1 is 1.19 bits per heavy atom. The molecule has 1 saturated heterocycles. The first-order valence-corrected chi connectivity index (χ1v) is 11.9. The van der Waals surface area contributed by atoms with E-state index in [0.29, 0.717) is 20.5 Å². The van der Waals surface area contributed by atoms with Crippen molar-refractivity contribution in [2.24, 2.45) is 0 Å². The SMILES string of the molecule is O=C(COc1ccc(/C=C2\SC(=S)N(Cc3ccco3)C2=O)cc1Cl)Nc1cccc(C(F)(F)F)c1. The van der Waals surface area contributed by atoms with Crippen molar-refractivity contribution in [1.29, 1.82) is 0 Å². The number of amides is 2. The lowest BCUT2D eigenvalue weighted by molar-refractivity contribution is -0.137. The minimum absolute atomic E-state index is 0.00997. The summed E-state index contributed by atoms with van der Waals surface area (Å²) >= 11 is 12.7. The van der Waals surface area contributed by atoms with Gasteiger partial charge in [0.25, 0.3) is 11.8 Å². The molecule has 6 nitrogen and oxygen atoms in total. The van der Waals surface area contributed by atoms with E-state index in [1.54, 1.807) is 30.3 Å². The first-order chi connectivity index (χ1) is 17.1. The Morgan fingerprint density at radius 3 is 2.69 bits per heavy atom. The first-order valence-electron chi connectivity index (χ1n) is 10.3. The third-order valence-electron chi connectivity index (χ3n) is 4.85. The van der Waals surface area contributed by atoms with Gasteiger partial charge in [-0.15, -0.1) is 0 Å². The number of thioether (sulfide) groups is 1. The molecule has 2 heterocycles. The monoisotopic (exact) mass is 552 g/mol. The summed E-state index contributed by atoms with van der Waals surface area (Å²) in [6.07, 6.45) is -1.37. The average molecular weight is 553 g/mol. The van der Waals surface area contributed by atoms with Crippen molar-refractivity contribution in [1.82, 2.24) is 4.90 Å². The molecule has 0 aliphatic carbocycles. The third-order valence-corrected chi connectivity index (χ3v) is 6.53. The van der Waals surface area contributed by atoms with Crippen LogP contribution in [-0.2, 0) is 22.3 Å². The van der Waals surface area contributed by atoms with Crippen LogP contribution in [0.2, 0.25) is 5.02 Å². The fourth-order valence-electron chi connectivity index (χ4n) is 3.18. The van der Waals surface area contributed by atoms with E-state index in [1.165, 1.54) is 29.4 Å². The van der Waals surface area contributed by atoms with Crippen molar-refractivity contribution >= 4 is 63.5 Å². The molecule has 0 radical (unpaired) electrons. The molecule has 1 N–H and O–H groups in total. The molecule has 0 saturated carbocycles. The standard InChI is InChI=1S/C24H16ClF3N2O4S2/c25-18-9-14(10-20-22(32)30(23(35)36-20)12-17-5-2-8-33-17)6-7-19(18)34-13-21(31)29-16-4-1-3-15(11-16)24(26,27)28/h1-11H,12-13H2,(H,29,31)/b20-10-. The van der Waals surface area contributed by atoms with Gasteiger partial charge >= 0.3 is 6.18 Å². The molecular weight excluding hydrogens is 537 g/mol. The summed E-state index contributed by atoms with van der Waals surface area (Å²) in [6, 6.07) is 12.5. The van der Waals surface area contributed by atoms with E-state index >= 15 is 0 Å².